The maximum atomic E-state index is 11.4. The lowest BCUT2D eigenvalue weighted by atomic mass is 10.1. The summed E-state index contributed by atoms with van der Waals surface area (Å²) in [6, 6.07) is 10.1. The highest BCUT2D eigenvalue weighted by Gasteiger charge is 2.19. The van der Waals surface area contributed by atoms with Crippen LogP contribution in [0.25, 0.3) is 0 Å². The summed E-state index contributed by atoms with van der Waals surface area (Å²) in [6.45, 7) is 4.18. The Morgan fingerprint density at radius 2 is 2.05 bits per heavy atom. The Hall–Kier alpha value is -1.75. The van der Waals surface area contributed by atoms with Gasteiger partial charge in [0.15, 0.2) is 0 Å². The van der Waals surface area contributed by atoms with E-state index in [0.717, 1.165) is 11.3 Å². The van der Waals surface area contributed by atoms with Crippen LogP contribution in [0, 0.1) is 0 Å². The van der Waals surface area contributed by atoms with Crippen molar-refractivity contribution < 1.29 is 9.90 Å². The number of thioether (sulfide) groups is 1. The lowest BCUT2D eigenvalue weighted by Gasteiger charge is -2.15. The van der Waals surface area contributed by atoms with Crippen LogP contribution in [-0.4, -0.2) is 25.9 Å². The Balaban J connectivity index is 2.00. The topological polar surface area (TPSA) is 55.1 Å². The number of benzene rings is 1. The summed E-state index contributed by atoms with van der Waals surface area (Å²) in [7, 11) is 0. The zero-order valence-corrected chi connectivity index (χ0v) is 13.1. The van der Waals surface area contributed by atoms with Gasteiger partial charge in [-0.15, -0.1) is 11.8 Å². The first-order chi connectivity index (χ1) is 10.1. The molecule has 1 atom stereocenters. The Morgan fingerprint density at radius 1 is 1.33 bits per heavy atom. The SMILES string of the molecule is CC(C)n1cncc1CSC(Cc1ccccc1)C(=O)O. The lowest BCUT2D eigenvalue weighted by Crippen LogP contribution is -2.19. The molecular formula is C16H20N2O2S. The van der Waals surface area contributed by atoms with E-state index in [2.05, 4.69) is 23.4 Å². The number of aromatic nitrogens is 2. The van der Waals surface area contributed by atoms with Gasteiger partial charge >= 0.3 is 5.97 Å². The predicted octanol–water partition coefficient (Wildman–Crippen LogP) is 3.39. The Kier molecular flexibility index (Phi) is 5.44. The molecule has 21 heavy (non-hydrogen) atoms. The first kappa shape index (κ1) is 15.6. The van der Waals surface area contributed by atoms with E-state index in [1.54, 1.807) is 6.33 Å². The fourth-order valence-corrected chi connectivity index (χ4v) is 3.19. The highest BCUT2D eigenvalue weighted by Crippen LogP contribution is 2.23. The van der Waals surface area contributed by atoms with Crippen LogP contribution in [0.5, 0.6) is 0 Å². The van der Waals surface area contributed by atoms with Crippen molar-refractivity contribution in [1.29, 1.82) is 0 Å². The normalized spacial score (nSPS) is 12.5. The molecule has 1 aromatic heterocycles. The van der Waals surface area contributed by atoms with E-state index in [-0.39, 0.29) is 0 Å². The van der Waals surface area contributed by atoms with Crippen molar-refractivity contribution in [2.75, 3.05) is 0 Å². The first-order valence-electron chi connectivity index (χ1n) is 6.97. The van der Waals surface area contributed by atoms with E-state index in [4.69, 9.17) is 0 Å². The molecule has 4 nitrogen and oxygen atoms in total. The summed E-state index contributed by atoms with van der Waals surface area (Å²) in [5.74, 6) is -0.110. The van der Waals surface area contributed by atoms with Crippen molar-refractivity contribution in [2.45, 2.75) is 37.3 Å². The smallest absolute Gasteiger partial charge is 0.316 e. The van der Waals surface area contributed by atoms with Gasteiger partial charge < -0.3 is 9.67 Å². The van der Waals surface area contributed by atoms with Gasteiger partial charge in [-0.05, 0) is 25.8 Å². The number of rotatable bonds is 7. The highest BCUT2D eigenvalue weighted by molar-refractivity contribution is 7.99. The molecule has 1 heterocycles. The van der Waals surface area contributed by atoms with E-state index in [1.165, 1.54) is 11.8 Å². The molecule has 0 aliphatic carbocycles. The maximum absolute atomic E-state index is 11.4. The summed E-state index contributed by atoms with van der Waals surface area (Å²) in [5.41, 5.74) is 2.11. The monoisotopic (exact) mass is 304 g/mol. The van der Waals surface area contributed by atoms with Crippen molar-refractivity contribution in [2.24, 2.45) is 0 Å². The van der Waals surface area contributed by atoms with Gasteiger partial charge in [0.2, 0.25) is 0 Å². The Morgan fingerprint density at radius 3 is 2.67 bits per heavy atom. The molecule has 5 heteroatoms. The Bertz CT molecular complexity index is 581. The number of carboxylic acid groups (broad SMARTS) is 1. The van der Waals surface area contributed by atoms with Crippen LogP contribution in [0.15, 0.2) is 42.9 Å². The third kappa shape index (κ3) is 4.36. The van der Waals surface area contributed by atoms with Crippen LogP contribution >= 0.6 is 11.8 Å². The molecule has 0 radical (unpaired) electrons. The third-order valence-corrected chi connectivity index (χ3v) is 4.51. The summed E-state index contributed by atoms with van der Waals surface area (Å²) >= 11 is 1.45. The number of aliphatic carboxylic acids is 1. The summed E-state index contributed by atoms with van der Waals surface area (Å²) in [5, 5.41) is 8.96. The van der Waals surface area contributed by atoms with Gasteiger partial charge in [-0.1, -0.05) is 30.3 Å². The quantitative estimate of drug-likeness (QED) is 0.852. The standard InChI is InChI=1S/C16H20N2O2S/c1-12(2)18-11-17-9-14(18)10-21-15(16(19)20)8-13-6-4-3-5-7-13/h3-7,9,11-12,15H,8,10H2,1-2H3,(H,19,20). The molecule has 0 spiro atoms. The van der Waals surface area contributed by atoms with E-state index < -0.39 is 11.2 Å². The van der Waals surface area contributed by atoms with Crippen molar-refractivity contribution >= 4 is 17.7 Å². The molecule has 1 aromatic carbocycles. The minimum absolute atomic E-state index is 0.334. The maximum Gasteiger partial charge on any atom is 0.316 e. The molecule has 1 unspecified atom stereocenters. The van der Waals surface area contributed by atoms with Gasteiger partial charge in [-0.2, -0.15) is 0 Å². The minimum Gasteiger partial charge on any atom is -0.480 e. The third-order valence-electron chi connectivity index (χ3n) is 3.27. The molecule has 2 aromatic rings. The van der Waals surface area contributed by atoms with Crippen LogP contribution in [0.1, 0.15) is 31.1 Å². The second-order valence-electron chi connectivity index (χ2n) is 5.21. The fourth-order valence-electron chi connectivity index (χ4n) is 2.14. The van der Waals surface area contributed by atoms with Crippen LogP contribution in [0.4, 0.5) is 0 Å². The molecule has 0 aliphatic heterocycles. The molecule has 112 valence electrons. The number of hydrogen-bond donors (Lipinski definition) is 1. The van der Waals surface area contributed by atoms with Gasteiger partial charge in [0.05, 0.1) is 6.33 Å². The van der Waals surface area contributed by atoms with Crippen molar-refractivity contribution in [3.63, 3.8) is 0 Å². The fraction of sp³-hybridized carbons (Fsp3) is 0.375. The number of nitrogens with zero attached hydrogens (tertiary/aromatic N) is 2. The van der Waals surface area contributed by atoms with E-state index in [1.807, 2.05) is 36.5 Å². The molecule has 0 saturated carbocycles. The van der Waals surface area contributed by atoms with Crippen LogP contribution in [0.3, 0.4) is 0 Å². The van der Waals surface area contributed by atoms with Crippen LogP contribution < -0.4 is 0 Å². The van der Waals surface area contributed by atoms with Gasteiger partial charge in [-0.3, -0.25) is 4.79 Å². The summed E-state index contributed by atoms with van der Waals surface area (Å²) < 4.78 is 2.08. The van der Waals surface area contributed by atoms with Crippen LogP contribution in [0.2, 0.25) is 0 Å². The van der Waals surface area contributed by atoms with E-state index in [0.29, 0.717) is 18.2 Å². The number of hydrogen-bond acceptors (Lipinski definition) is 3. The molecule has 0 fully saturated rings. The summed E-state index contributed by atoms with van der Waals surface area (Å²) in [4.78, 5) is 15.6. The summed E-state index contributed by atoms with van der Waals surface area (Å²) in [6.07, 6.45) is 4.15. The van der Waals surface area contributed by atoms with Gasteiger partial charge in [-0.25, -0.2) is 4.98 Å². The van der Waals surface area contributed by atoms with Crippen molar-refractivity contribution in [3.8, 4) is 0 Å². The average molecular weight is 304 g/mol. The number of imidazole rings is 1. The molecule has 0 aliphatic rings. The van der Waals surface area contributed by atoms with Crippen LogP contribution in [-0.2, 0) is 17.0 Å². The molecule has 0 amide bonds. The zero-order valence-electron chi connectivity index (χ0n) is 12.3. The van der Waals surface area contributed by atoms with Crippen molar-refractivity contribution in [3.05, 3.63) is 54.1 Å². The number of carboxylic acids is 1. The highest BCUT2D eigenvalue weighted by atomic mass is 32.2. The number of carbonyl (C=O) groups is 1. The average Bonchev–Trinajstić information content (AvgIpc) is 2.93. The molecule has 2 rings (SSSR count). The molecule has 1 N–H and O–H groups in total. The predicted molar refractivity (Wildman–Crippen MR) is 85.5 cm³/mol. The molecule has 0 bridgehead atoms. The molecule has 0 saturated heterocycles. The lowest BCUT2D eigenvalue weighted by molar-refractivity contribution is -0.136. The van der Waals surface area contributed by atoms with E-state index >= 15 is 0 Å². The second-order valence-corrected chi connectivity index (χ2v) is 6.40. The van der Waals surface area contributed by atoms with Crippen molar-refractivity contribution in [1.82, 2.24) is 9.55 Å². The zero-order chi connectivity index (χ0) is 15.2. The van der Waals surface area contributed by atoms with Gasteiger partial charge in [0.25, 0.3) is 0 Å². The minimum atomic E-state index is -0.764. The second kappa shape index (κ2) is 7.31. The Labute approximate surface area is 129 Å². The molecular weight excluding hydrogens is 284 g/mol. The first-order valence-corrected chi connectivity index (χ1v) is 8.02. The largest absolute Gasteiger partial charge is 0.480 e. The van der Waals surface area contributed by atoms with Gasteiger partial charge in [0, 0.05) is 23.7 Å². The van der Waals surface area contributed by atoms with Gasteiger partial charge in [0.1, 0.15) is 5.25 Å². The van der Waals surface area contributed by atoms with E-state index in [9.17, 15) is 9.90 Å².